The van der Waals surface area contributed by atoms with Gasteiger partial charge in [0.2, 0.25) is 11.7 Å². The largest absolute Gasteiger partial charge is 0.480 e. The van der Waals surface area contributed by atoms with Crippen LogP contribution in [-0.4, -0.2) is 52.5 Å². The number of rotatable bonds is 7. The van der Waals surface area contributed by atoms with Gasteiger partial charge in [-0.3, -0.25) is 9.59 Å². The third-order valence-electron chi connectivity index (χ3n) is 2.72. The number of aliphatic carboxylic acids is 1. The summed E-state index contributed by atoms with van der Waals surface area (Å²) in [4.78, 5) is 36.3. The highest BCUT2D eigenvalue weighted by Gasteiger charge is 2.28. The number of ether oxygens (including phenoxy) is 1. The lowest BCUT2D eigenvalue weighted by Crippen LogP contribution is -2.45. The fourth-order valence-electron chi connectivity index (χ4n) is 1.72. The van der Waals surface area contributed by atoms with Gasteiger partial charge in [-0.05, 0) is 19.3 Å². The molecule has 2 atom stereocenters. The first-order valence-electron chi connectivity index (χ1n) is 5.89. The van der Waals surface area contributed by atoms with Gasteiger partial charge in [-0.2, -0.15) is 4.79 Å². The first-order valence-corrected chi connectivity index (χ1v) is 5.89. The molecule has 0 aromatic rings. The average molecular weight is 269 g/mol. The summed E-state index contributed by atoms with van der Waals surface area (Å²) < 4.78 is 5.13. The van der Waals surface area contributed by atoms with E-state index in [0.717, 1.165) is 6.42 Å². The van der Waals surface area contributed by atoms with Gasteiger partial charge in [0.1, 0.15) is 12.1 Å². The maximum Gasteiger partial charge on any atom is 0.326 e. The minimum Gasteiger partial charge on any atom is -0.480 e. The molecule has 1 aliphatic heterocycles. The van der Waals surface area contributed by atoms with Crippen molar-refractivity contribution >= 4 is 23.9 Å². The Morgan fingerprint density at radius 2 is 2.26 bits per heavy atom. The molecular formula is C11H15N3O5. The molecule has 1 fully saturated rings. The van der Waals surface area contributed by atoms with Crippen molar-refractivity contribution in [3.63, 3.8) is 0 Å². The molecule has 8 nitrogen and oxygen atoms in total. The van der Waals surface area contributed by atoms with Crippen molar-refractivity contribution in [1.29, 1.82) is 0 Å². The predicted octanol–water partition coefficient (Wildman–Crippen LogP) is -0.615. The third-order valence-corrected chi connectivity index (χ3v) is 2.72. The van der Waals surface area contributed by atoms with Gasteiger partial charge >= 0.3 is 12.2 Å². The van der Waals surface area contributed by atoms with Gasteiger partial charge in [-0.15, -0.1) is 0 Å². The molecule has 1 rings (SSSR count). The number of amides is 1. The quantitative estimate of drug-likeness (QED) is 0.361. The van der Waals surface area contributed by atoms with Crippen molar-refractivity contribution < 1.29 is 29.0 Å². The van der Waals surface area contributed by atoms with Crippen molar-refractivity contribution in [2.24, 2.45) is 0 Å². The van der Waals surface area contributed by atoms with Crippen molar-refractivity contribution in [1.82, 2.24) is 5.32 Å². The Morgan fingerprint density at radius 3 is 2.79 bits per heavy atom. The molecule has 1 unspecified atom stereocenters. The molecule has 104 valence electrons. The zero-order valence-corrected chi connectivity index (χ0v) is 10.2. The van der Waals surface area contributed by atoms with Crippen molar-refractivity contribution in [2.45, 2.75) is 37.8 Å². The Kier molecular flexibility index (Phi) is 5.84. The number of carbonyl (C=O) groups excluding carboxylic acids is 2. The summed E-state index contributed by atoms with van der Waals surface area (Å²) in [6.07, 6.45) is 1.21. The van der Waals surface area contributed by atoms with Crippen LogP contribution in [-0.2, 0) is 19.1 Å². The van der Waals surface area contributed by atoms with Crippen LogP contribution >= 0.6 is 0 Å². The van der Waals surface area contributed by atoms with Crippen LogP contribution in [0.5, 0.6) is 0 Å². The average Bonchev–Trinajstić information content (AvgIpc) is 2.88. The molecule has 0 aliphatic carbocycles. The maximum absolute atomic E-state index is 11.7. The van der Waals surface area contributed by atoms with Gasteiger partial charge in [-0.25, -0.2) is 4.79 Å². The normalized spacial score (nSPS) is 19.3. The van der Waals surface area contributed by atoms with Crippen LogP contribution in [0, 0.1) is 0 Å². The Balaban J connectivity index is 2.48. The van der Waals surface area contributed by atoms with Crippen LogP contribution in [0.25, 0.3) is 5.53 Å². The molecule has 19 heavy (non-hydrogen) atoms. The monoisotopic (exact) mass is 269 g/mol. The van der Waals surface area contributed by atoms with E-state index in [9.17, 15) is 14.4 Å². The molecule has 2 N–H and O–H groups in total. The van der Waals surface area contributed by atoms with E-state index in [1.807, 2.05) is 0 Å². The second-order valence-electron chi connectivity index (χ2n) is 4.15. The molecule has 1 heterocycles. The highest BCUT2D eigenvalue weighted by atomic mass is 16.5. The van der Waals surface area contributed by atoms with Crippen molar-refractivity contribution in [3.05, 3.63) is 5.53 Å². The van der Waals surface area contributed by atoms with E-state index in [4.69, 9.17) is 15.4 Å². The molecule has 0 spiro atoms. The van der Waals surface area contributed by atoms with Gasteiger partial charge in [-0.1, -0.05) is 0 Å². The first-order chi connectivity index (χ1) is 9.04. The second kappa shape index (κ2) is 7.40. The van der Waals surface area contributed by atoms with E-state index in [-0.39, 0.29) is 12.8 Å². The zero-order chi connectivity index (χ0) is 14.3. The SMILES string of the molecule is [N-]=[N+]=CC(=O)CCC(NC(=O)[C@H]1CCCO1)C(=O)O. The van der Waals surface area contributed by atoms with Crippen molar-refractivity contribution in [2.75, 3.05) is 6.61 Å². The Labute approximate surface area is 109 Å². The highest BCUT2D eigenvalue weighted by molar-refractivity contribution is 6.25. The molecule has 1 amide bonds. The predicted molar refractivity (Wildman–Crippen MR) is 62.5 cm³/mol. The fraction of sp³-hybridized carbons (Fsp3) is 0.636. The number of carbonyl (C=O) groups is 3. The van der Waals surface area contributed by atoms with E-state index >= 15 is 0 Å². The van der Waals surface area contributed by atoms with Crippen LogP contribution in [0.3, 0.4) is 0 Å². The summed E-state index contributed by atoms with van der Waals surface area (Å²) in [5, 5.41) is 11.3. The van der Waals surface area contributed by atoms with Crippen LogP contribution in [0.15, 0.2) is 0 Å². The van der Waals surface area contributed by atoms with E-state index in [0.29, 0.717) is 19.2 Å². The third kappa shape index (κ3) is 4.99. The number of ketones is 1. The molecule has 0 bridgehead atoms. The topological polar surface area (TPSA) is 129 Å². The summed E-state index contributed by atoms with van der Waals surface area (Å²) in [5.41, 5.74) is 8.15. The summed E-state index contributed by atoms with van der Waals surface area (Å²) in [5.74, 6) is -2.21. The molecule has 8 heteroatoms. The Morgan fingerprint density at radius 1 is 1.53 bits per heavy atom. The second-order valence-corrected chi connectivity index (χ2v) is 4.15. The smallest absolute Gasteiger partial charge is 0.326 e. The van der Waals surface area contributed by atoms with Gasteiger partial charge in [0, 0.05) is 13.0 Å². The summed E-state index contributed by atoms with van der Waals surface area (Å²) >= 11 is 0. The fourth-order valence-corrected chi connectivity index (χ4v) is 1.72. The number of nitrogens with one attached hydrogen (secondary N) is 1. The highest BCUT2D eigenvalue weighted by Crippen LogP contribution is 2.12. The van der Waals surface area contributed by atoms with Crippen LogP contribution < -0.4 is 5.32 Å². The maximum atomic E-state index is 11.7. The number of carboxylic acids is 1. The van der Waals surface area contributed by atoms with E-state index < -0.39 is 29.8 Å². The number of hydrogen-bond acceptors (Lipinski definition) is 4. The standard InChI is InChI=1S/C11H15N3O5/c12-13-6-7(15)3-4-8(11(17)18)14-10(16)9-2-1-5-19-9/h6,8-9H,1-5H2,(H,14,16)(H,17,18)/t8?,9-/m1/s1. The lowest BCUT2D eigenvalue weighted by molar-refractivity contribution is -0.143. The first kappa shape index (κ1) is 15.0. The molecule has 0 saturated carbocycles. The zero-order valence-electron chi connectivity index (χ0n) is 10.2. The van der Waals surface area contributed by atoms with Crippen LogP contribution in [0.1, 0.15) is 25.7 Å². The number of hydrogen-bond donors (Lipinski definition) is 2. The van der Waals surface area contributed by atoms with Gasteiger partial charge in [0.25, 0.3) is 0 Å². The van der Waals surface area contributed by atoms with Crippen molar-refractivity contribution in [3.8, 4) is 0 Å². The molecule has 0 radical (unpaired) electrons. The van der Waals surface area contributed by atoms with Gasteiger partial charge in [0.15, 0.2) is 0 Å². The molecule has 1 aliphatic rings. The minimum absolute atomic E-state index is 0.0708. The summed E-state index contributed by atoms with van der Waals surface area (Å²) in [6, 6.07) is -1.16. The summed E-state index contributed by atoms with van der Waals surface area (Å²) in [7, 11) is 0. The van der Waals surface area contributed by atoms with Gasteiger partial charge < -0.3 is 20.7 Å². The molecule has 1 saturated heterocycles. The van der Waals surface area contributed by atoms with Crippen LogP contribution in [0.4, 0.5) is 0 Å². The van der Waals surface area contributed by atoms with E-state index in [2.05, 4.69) is 10.1 Å². The molecule has 0 aromatic carbocycles. The Bertz CT molecular complexity index is 411. The lowest BCUT2D eigenvalue weighted by atomic mass is 10.1. The number of Topliss-reactive ketones (excluding diaryl/α,β-unsaturated/α-hetero) is 1. The molecular weight excluding hydrogens is 254 g/mol. The van der Waals surface area contributed by atoms with E-state index in [1.165, 1.54) is 0 Å². The number of carboxylic acid groups (broad SMARTS) is 1. The minimum atomic E-state index is -1.22. The Hall–Kier alpha value is -2.05. The summed E-state index contributed by atoms with van der Waals surface area (Å²) in [6.45, 7) is 0.487. The lowest BCUT2D eigenvalue weighted by Gasteiger charge is -2.16. The van der Waals surface area contributed by atoms with Crippen LogP contribution in [0.2, 0.25) is 0 Å². The van der Waals surface area contributed by atoms with Gasteiger partial charge in [0.05, 0.1) is 0 Å². The number of nitrogens with zero attached hydrogens (tertiary/aromatic N) is 2. The van der Waals surface area contributed by atoms with E-state index in [1.54, 1.807) is 0 Å². The molecule has 0 aromatic heterocycles.